The van der Waals surface area contributed by atoms with E-state index in [2.05, 4.69) is 22.3 Å². The van der Waals surface area contributed by atoms with Gasteiger partial charge in [-0.25, -0.2) is 0 Å². The minimum absolute atomic E-state index is 0.0977. The molecule has 2 heterocycles. The van der Waals surface area contributed by atoms with Gasteiger partial charge in [0.05, 0.1) is 6.61 Å². The van der Waals surface area contributed by atoms with Gasteiger partial charge in [0.15, 0.2) is 0 Å². The zero-order valence-corrected chi connectivity index (χ0v) is 19.8. The highest BCUT2D eigenvalue weighted by Crippen LogP contribution is 2.31. The van der Waals surface area contributed by atoms with Gasteiger partial charge in [-0.05, 0) is 92.7 Å². The Labute approximate surface area is 202 Å². The average Bonchev–Trinajstić information content (AvgIpc) is 2.89. The molecule has 0 aromatic heterocycles. The van der Waals surface area contributed by atoms with Crippen LogP contribution in [-0.4, -0.2) is 36.5 Å². The van der Waals surface area contributed by atoms with Crippen LogP contribution in [0.3, 0.4) is 0 Å². The Hall–Kier alpha value is -3.11. The third-order valence-electron chi connectivity index (χ3n) is 7.27. The molecule has 3 aromatic carbocycles. The first-order valence-electron chi connectivity index (χ1n) is 12.7. The van der Waals surface area contributed by atoms with E-state index in [9.17, 15) is 4.79 Å². The van der Waals surface area contributed by atoms with Gasteiger partial charge in [0.1, 0.15) is 5.75 Å². The first-order chi connectivity index (χ1) is 16.7. The van der Waals surface area contributed by atoms with E-state index < -0.39 is 0 Å². The molecule has 4 heteroatoms. The number of rotatable bonds is 7. The van der Waals surface area contributed by atoms with Crippen LogP contribution in [0.2, 0.25) is 0 Å². The highest BCUT2D eigenvalue weighted by Gasteiger charge is 2.33. The molecule has 1 N–H and O–H groups in total. The number of carbonyl (C=O) groups is 1. The van der Waals surface area contributed by atoms with Crippen LogP contribution in [0.15, 0.2) is 78.9 Å². The lowest BCUT2D eigenvalue weighted by Crippen LogP contribution is -2.49. The molecule has 0 spiro atoms. The first kappa shape index (κ1) is 22.7. The van der Waals surface area contributed by atoms with Gasteiger partial charge < -0.3 is 10.1 Å². The van der Waals surface area contributed by atoms with Crippen molar-refractivity contribution in [2.45, 2.75) is 44.6 Å². The van der Waals surface area contributed by atoms with Gasteiger partial charge in [0.25, 0.3) is 5.91 Å². The third-order valence-corrected chi connectivity index (χ3v) is 7.27. The molecule has 0 radical (unpaired) electrons. The van der Waals surface area contributed by atoms with Crippen LogP contribution >= 0.6 is 0 Å². The summed E-state index contributed by atoms with van der Waals surface area (Å²) in [4.78, 5) is 15.4. The van der Waals surface area contributed by atoms with E-state index in [0.29, 0.717) is 17.5 Å². The quantitative estimate of drug-likeness (QED) is 0.464. The van der Waals surface area contributed by atoms with E-state index in [1.807, 2.05) is 66.7 Å². The number of benzene rings is 3. The molecule has 2 aliphatic rings. The molecule has 2 atom stereocenters. The van der Waals surface area contributed by atoms with E-state index in [4.69, 9.17) is 4.74 Å². The summed E-state index contributed by atoms with van der Waals surface area (Å²) < 4.78 is 6.16. The summed E-state index contributed by atoms with van der Waals surface area (Å²) in [5, 5.41) is 3.00. The number of ether oxygens (including phenoxy) is 1. The van der Waals surface area contributed by atoms with Gasteiger partial charge >= 0.3 is 0 Å². The molecular formula is C30H34N2O2. The Morgan fingerprint density at radius 3 is 2.35 bits per heavy atom. The molecule has 4 nitrogen and oxygen atoms in total. The molecule has 0 aliphatic carbocycles. The van der Waals surface area contributed by atoms with Crippen molar-refractivity contribution >= 4 is 11.6 Å². The lowest BCUT2D eigenvalue weighted by Gasteiger charge is -2.44. The van der Waals surface area contributed by atoms with Crippen molar-refractivity contribution in [3.05, 3.63) is 95.6 Å². The number of anilines is 1. The molecule has 2 aliphatic heterocycles. The van der Waals surface area contributed by atoms with Crippen molar-refractivity contribution in [3.63, 3.8) is 0 Å². The molecule has 2 saturated heterocycles. The Morgan fingerprint density at radius 2 is 1.56 bits per heavy atom. The largest absolute Gasteiger partial charge is 0.493 e. The number of amides is 1. The predicted molar refractivity (Wildman–Crippen MR) is 138 cm³/mol. The molecule has 3 aromatic rings. The maximum Gasteiger partial charge on any atom is 0.255 e. The smallest absolute Gasteiger partial charge is 0.255 e. The van der Waals surface area contributed by atoms with Crippen molar-refractivity contribution in [2.75, 3.05) is 25.0 Å². The summed E-state index contributed by atoms with van der Waals surface area (Å²) in [6.45, 7) is 3.29. The Bertz CT molecular complexity index is 1060. The lowest BCUT2D eigenvalue weighted by molar-refractivity contribution is 0.0366. The van der Waals surface area contributed by atoms with Crippen molar-refractivity contribution in [1.29, 1.82) is 0 Å². The van der Waals surface area contributed by atoms with E-state index in [-0.39, 0.29) is 5.91 Å². The van der Waals surface area contributed by atoms with E-state index in [1.165, 1.54) is 56.3 Å². The molecule has 0 bridgehead atoms. The Kier molecular flexibility index (Phi) is 7.25. The van der Waals surface area contributed by atoms with Crippen LogP contribution < -0.4 is 10.1 Å². The summed E-state index contributed by atoms with van der Waals surface area (Å²) >= 11 is 0. The minimum atomic E-state index is -0.0977. The molecule has 1 amide bonds. The van der Waals surface area contributed by atoms with Crippen molar-refractivity contribution in [2.24, 2.45) is 5.92 Å². The molecule has 34 heavy (non-hydrogen) atoms. The van der Waals surface area contributed by atoms with Crippen molar-refractivity contribution < 1.29 is 9.53 Å². The van der Waals surface area contributed by atoms with Crippen LogP contribution in [0.25, 0.3) is 0 Å². The maximum absolute atomic E-state index is 12.7. The number of nitrogens with one attached hydrogen (secondary N) is 1. The average molecular weight is 455 g/mol. The number of piperidine rings is 2. The summed E-state index contributed by atoms with van der Waals surface area (Å²) in [7, 11) is 0. The van der Waals surface area contributed by atoms with Gasteiger partial charge in [-0.15, -0.1) is 0 Å². The van der Waals surface area contributed by atoms with Crippen LogP contribution in [0.4, 0.5) is 5.69 Å². The van der Waals surface area contributed by atoms with E-state index >= 15 is 0 Å². The van der Waals surface area contributed by atoms with E-state index in [0.717, 1.165) is 24.5 Å². The van der Waals surface area contributed by atoms with Gasteiger partial charge in [-0.1, -0.05) is 48.9 Å². The van der Waals surface area contributed by atoms with Crippen LogP contribution in [0.1, 0.15) is 53.6 Å². The van der Waals surface area contributed by atoms with E-state index in [1.54, 1.807) is 0 Å². The number of hydrogen-bond donors (Lipinski definition) is 1. The van der Waals surface area contributed by atoms with Gasteiger partial charge in [0.2, 0.25) is 0 Å². The molecule has 2 fully saturated rings. The topological polar surface area (TPSA) is 41.6 Å². The van der Waals surface area contributed by atoms with Crippen LogP contribution in [0.5, 0.6) is 5.75 Å². The zero-order chi connectivity index (χ0) is 23.2. The third kappa shape index (κ3) is 5.68. The van der Waals surface area contributed by atoms with Crippen molar-refractivity contribution in [1.82, 2.24) is 4.90 Å². The number of hydrogen-bond acceptors (Lipinski definition) is 3. The van der Waals surface area contributed by atoms with Gasteiger partial charge in [-0.3, -0.25) is 9.69 Å². The Morgan fingerprint density at radius 1 is 0.824 bits per heavy atom. The van der Waals surface area contributed by atoms with Crippen LogP contribution in [0, 0.1) is 5.92 Å². The SMILES string of the molecule is O=C(Nc1ccc(OC[C@@H]2CCCN3CCCC[C@H]23)cc1)c1ccc(Cc2ccccc2)cc1. The highest BCUT2D eigenvalue weighted by atomic mass is 16.5. The number of fused-ring (bicyclic) bond motifs is 1. The molecular weight excluding hydrogens is 420 g/mol. The summed E-state index contributed by atoms with van der Waals surface area (Å²) in [6, 6.07) is 26.7. The minimum Gasteiger partial charge on any atom is -0.493 e. The summed E-state index contributed by atoms with van der Waals surface area (Å²) in [5.74, 6) is 1.40. The van der Waals surface area contributed by atoms with Gasteiger partial charge in [0, 0.05) is 23.2 Å². The maximum atomic E-state index is 12.7. The van der Waals surface area contributed by atoms with Crippen LogP contribution in [-0.2, 0) is 6.42 Å². The summed E-state index contributed by atoms with van der Waals surface area (Å²) in [5.41, 5.74) is 3.90. The first-order valence-corrected chi connectivity index (χ1v) is 12.7. The van der Waals surface area contributed by atoms with Gasteiger partial charge in [-0.2, -0.15) is 0 Å². The monoisotopic (exact) mass is 454 g/mol. The highest BCUT2D eigenvalue weighted by molar-refractivity contribution is 6.04. The second-order valence-electron chi connectivity index (χ2n) is 9.65. The fraction of sp³-hybridized carbons (Fsp3) is 0.367. The molecule has 5 rings (SSSR count). The fourth-order valence-electron chi connectivity index (χ4n) is 5.42. The lowest BCUT2D eigenvalue weighted by atomic mass is 9.84. The normalized spacial score (nSPS) is 20.4. The standard InChI is InChI=1S/C30H34N2O2/c33-30(25-13-11-24(12-14-25)21-23-7-2-1-3-8-23)31-27-15-17-28(18-16-27)34-22-26-9-6-20-32-19-5-4-10-29(26)32/h1-3,7-8,11-18,26,29H,4-6,9-10,19-22H2,(H,31,33)/t26-,29+/m0/s1. The number of nitrogens with zero attached hydrogens (tertiary/aromatic N) is 1. The molecule has 0 saturated carbocycles. The molecule has 0 unspecified atom stereocenters. The second-order valence-corrected chi connectivity index (χ2v) is 9.65. The second kappa shape index (κ2) is 10.9. The van der Waals surface area contributed by atoms with Crippen molar-refractivity contribution in [3.8, 4) is 5.75 Å². The fourth-order valence-corrected chi connectivity index (χ4v) is 5.42. The zero-order valence-electron chi connectivity index (χ0n) is 19.8. The number of carbonyl (C=O) groups excluding carboxylic acids is 1. The Balaban J connectivity index is 1.12. The summed E-state index contributed by atoms with van der Waals surface area (Å²) in [6.07, 6.45) is 7.41. The predicted octanol–water partition coefficient (Wildman–Crippen LogP) is 6.17. The molecule has 176 valence electrons.